The van der Waals surface area contributed by atoms with Crippen molar-refractivity contribution < 1.29 is 0 Å². The van der Waals surface area contributed by atoms with E-state index >= 15 is 0 Å². The lowest BCUT2D eigenvalue weighted by atomic mass is 9.96. The van der Waals surface area contributed by atoms with E-state index in [1.807, 2.05) is 4.68 Å². The first-order valence-electron chi connectivity index (χ1n) is 7.60. The van der Waals surface area contributed by atoms with Crippen LogP contribution in [0.25, 0.3) is 0 Å². The summed E-state index contributed by atoms with van der Waals surface area (Å²) in [6, 6.07) is 0.613. The van der Waals surface area contributed by atoms with Crippen molar-refractivity contribution in [3.05, 3.63) is 11.6 Å². The van der Waals surface area contributed by atoms with Crippen LogP contribution in [0.4, 0.5) is 0 Å². The Hall–Kier alpha value is -0.940. The summed E-state index contributed by atoms with van der Waals surface area (Å²) in [5.41, 5.74) is 6.11. The van der Waals surface area contributed by atoms with Crippen molar-refractivity contribution >= 4 is 0 Å². The first kappa shape index (κ1) is 13.1. The zero-order chi connectivity index (χ0) is 13.4. The zero-order valence-corrected chi connectivity index (χ0v) is 12.0. The van der Waals surface area contributed by atoms with Crippen molar-refractivity contribution in [3.63, 3.8) is 0 Å². The van der Waals surface area contributed by atoms with E-state index in [0.29, 0.717) is 12.0 Å². The Morgan fingerprint density at radius 2 is 2.11 bits per heavy atom. The van der Waals surface area contributed by atoms with Gasteiger partial charge in [-0.2, -0.15) is 5.10 Å². The van der Waals surface area contributed by atoms with Crippen LogP contribution in [0, 0.1) is 0 Å². The normalized spacial score (nSPS) is 28.6. The Morgan fingerprint density at radius 3 is 2.84 bits per heavy atom. The van der Waals surface area contributed by atoms with Gasteiger partial charge in [-0.3, -0.25) is 0 Å². The van der Waals surface area contributed by atoms with Crippen LogP contribution in [0.15, 0.2) is 0 Å². The number of piperidine rings is 1. The molecule has 19 heavy (non-hydrogen) atoms. The van der Waals surface area contributed by atoms with Gasteiger partial charge in [0.1, 0.15) is 12.0 Å². The second-order valence-corrected chi connectivity index (χ2v) is 6.22. The number of fused-ring (bicyclic) bond motifs is 1. The fraction of sp³-hybridized carbons (Fsp3) is 0.857. The van der Waals surface area contributed by atoms with Crippen molar-refractivity contribution in [1.29, 1.82) is 0 Å². The largest absolute Gasteiger partial charge is 0.310 e. The van der Waals surface area contributed by atoms with E-state index in [0.717, 1.165) is 37.5 Å². The molecule has 3 heterocycles. The third-order valence-corrected chi connectivity index (χ3v) is 4.48. The summed E-state index contributed by atoms with van der Waals surface area (Å²) in [6.45, 7) is 6.84. The minimum Gasteiger partial charge on any atom is -0.310 e. The SMILES string of the molecule is CC(C)N1CCCC(c2nc3n(n2)C(N)CCC3)C1. The predicted molar refractivity (Wildman–Crippen MR) is 74.9 cm³/mol. The van der Waals surface area contributed by atoms with Crippen LogP contribution < -0.4 is 5.73 Å². The van der Waals surface area contributed by atoms with E-state index in [4.69, 9.17) is 15.8 Å². The Morgan fingerprint density at radius 1 is 1.26 bits per heavy atom. The average molecular weight is 263 g/mol. The highest BCUT2D eigenvalue weighted by Crippen LogP contribution is 2.28. The molecule has 5 heteroatoms. The number of likely N-dealkylation sites (tertiary alicyclic amines) is 1. The molecule has 1 aromatic rings. The first-order chi connectivity index (χ1) is 9.15. The highest BCUT2D eigenvalue weighted by molar-refractivity contribution is 5.04. The number of aromatic nitrogens is 3. The van der Waals surface area contributed by atoms with Gasteiger partial charge in [-0.05, 0) is 46.1 Å². The molecule has 0 bridgehead atoms. The minimum atomic E-state index is 0.0368. The van der Waals surface area contributed by atoms with E-state index in [1.54, 1.807) is 0 Å². The average Bonchev–Trinajstić information content (AvgIpc) is 2.84. The molecule has 0 radical (unpaired) electrons. The predicted octanol–water partition coefficient (Wildman–Crippen LogP) is 1.66. The molecule has 5 nitrogen and oxygen atoms in total. The maximum atomic E-state index is 6.11. The molecule has 3 rings (SSSR count). The van der Waals surface area contributed by atoms with Gasteiger partial charge in [0.05, 0.1) is 0 Å². The Kier molecular flexibility index (Phi) is 3.58. The summed E-state index contributed by atoms with van der Waals surface area (Å²) in [6.07, 6.45) is 5.69. The molecule has 0 aromatic carbocycles. The molecule has 1 aromatic heterocycles. The topological polar surface area (TPSA) is 60.0 Å². The highest BCUT2D eigenvalue weighted by Gasteiger charge is 2.28. The van der Waals surface area contributed by atoms with Gasteiger partial charge in [-0.1, -0.05) is 0 Å². The first-order valence-corrected chi connectivity index (χ1v) is 7.60. The molecule has 0 amide bonds. The van der Waals surface area contributed by atoms with Crippen LogP contribution in [0.5, 0.6) is 0 Å². The zero-order valence-electron chi connectivity index (χ0n) is 12.0. The number of rotatable bonds is 2. The maximum Gasteiger partial charge on any atom is 0.155 e. The number of nitrogens with zero attached hydrogens (tertiary/aromatic N) is 4. The summed E-state index contributed by atoms with van der Waals surface area (Å²) in [7, 11) is 0. The summed E-state index contributed by atoms with van der Waals surface area (Å²) < 4.78 is 1.97. The van der Waals surface area contributed by atoms with Gasteiger partial charge in [-0.25, -0.2) is 9.67 Å². The third kappa shape index (κ3) is 2.54. The van der Waals surface area contributed by atoms with Crippen molar-refractivity contribution in [1.82, 2.24) is 19.7 Å². The second-order valence-electron chi connectivity index (χ2n) is 6.22. The smallest absolute Gasteiger partial charge is 0.155 e. The molecule has 2 aliphatic rings. The van der Waals surface area contributed by atoms with Crippen molar-refractivity contribution in [3.8, 4) is 0 Å². The molecule has 2 unspecified atom stereocenters. The summed E-state index contributed by atoms with van der Waals surface area (Å²) in [4.78, 5) is 7.30. The molecule has 0 spiro atoms. The van der Waals surface area contributed by atoms with E-state index in [1.165, 1.54) is 19.4 Å². The van der Waals surface area contributed by atoms with Crippen LogP contribution in [-0.4, -0.2) is 38.8 Å². The van der Waals surface area contributed by atoms with E-state index in [-0.39, 0.29) is 6.17 Å². The van der Waals surface area contributed by atoms with Crippen LogP contribution in [-0.2, 0) is 6.42 Å². The van der Waals surface area contributed by atoms with E-state index in [9.17, 15) is 0 Å². The van der Waals surface area contributed by atoms with Gasteiger partial charge < -0.3 is 10.6 Å². The van der Waals surface area contributed by atoms with Crippen molar-refractivity contribution in [2.75, 3.05) is 13.1 Å². The number of nitrogens with two attached hydrogens (primary N) is 1. The molecule has 1 saturated heterocycles. The molecular formula is C14H25N5. The van der Waals surface area contributed by atoms with Crippen LogP contribution in [0.1, 0.15) is 63.3 Å². The lowest BCUT2D eigenvalue weighted by Crippen LogP contribution is -2.39. The third-order valence-electron chi connectivity index (χ3n) is 4.48. The highest BCUT2D eigenvalue weighted by atomic mass is 15.4. The van der Waals surface area contributed by atoms with Gasteiger partial charge in [0.25, 0.3) is 0 Å². The molecule has 2 atom stereocenters. The molecule has 2 N–H and O–H groups in total. The van der Waals surface area contributed by atoms with Gasteiger partial charge in [0.2, 0.25) is 0 Å². The Balaban J connectivity index is 1.78. The van der Waals surface area contributed by atoms with Crippen molar-refractivity contribution in [2.45, 2.75) is 64.1 Å². The van der Waals surface area contributed by atoms with E-state index in [2.05, 4.69) is 18.7 Å². The molecule has 0 aliphatic carbocycles. The van der Waals surface area contributed by atoms with Crippen LogP contribution in [0.3, 0.4) is 0 Å². The standard InChI is InChI=1S/C14H25N5/c1-10(2)18-8-4-5-11(9-18)14-16-13-7-3-6-12(15)19(13)17-14/h10-12H,3-9,15H2,1-2H3. The van der Waals surface area contributed by atoms with Crippen molar-refractivity contribution in [2.24, 2.45) is 5.73 Å². The fourth-order valence-corrected chi connectivity index (χ4v) is 3.26. The molecule has 0 saturated carbocycles. The monoisotopic (exact) mass is 263 g/mol. The Bertz CT molecular complexity index is 439. The quantitative estimate of drug-likeness (QED) is 0.881. The Labute approximate surface area is 115 Å². The number of aryl methyl sites for hydroxylation is 1. The van der Waals surface area contributed by atoms with Gasteiger partial charge in [0, 0.05) is 24.9 Å². The minimum absolute atomic E-state index is 0.0368. The summed E-state index contributed by atoms with van der Waals surface area (Å²) in [5.74, 6) is 2.61. The lowest BCUT2D eigenvalue weighted by molar-refractivity contribution is 0.164. The maximum absolute atomic E-state index is 6.11. The van der Waals surface area contributed by atoms with Crippen LogP contribution in [0.2, 0.25) is 0 Å². The van der Waals surface area contributed by atoms with E-state index < -0.39 is 0 Å². The summed E-state index contributed by atoms with van der Waals surface area (Å²) in [5, 5.41) is 4.70. The fourth-order valence-electron chi connectivity index (χ4n) is 3.26. The number of hydrogen-bond acceptors (Lipinski definition) is 4. The van der Waals surface area contributed by atoms with Gasteiger partial charge >= 0.3 is 0 Å². The van der Waals surface area contributed by atoms with Gasteiger partial charge in [-0.15, -0.1) is 0 Å². The lowest BCUT2D eigenvalue weighted by Gasteiger charge is -2.34. The van der Waals surface area contributed by atoms with Gasteiger partial charge in [0.15, 0.2) is 5.82 Å². The molecule has 1 fully saturated rings. The molecular weight excluding hydrogens is 238 g/mol. The number of hydrogen-bond donors (Lipinski definition) is 1. The molecule has 2 aliphatic heterocycles. The second kappa shape index (κ2) is 5.21. The molecule has 106 valence electrons. The summed E-state index contributed by atoms with van der Waals surface area (Å²) >= 11 is 0. The van der Waals surface area contributed by atoms with Crippen LogP contribution >= 0.6 is 0 Å².